The van der Waals surface area contributed by atoms with Gasteiger partial charge in [-0.15, -0.1) is 11.3 Å². The van der Waals surface area contributed by atoms with Crippen LogP contribution in [0.2, 0.25) is 5.02 Å². The molecule has 0 aliphatic heterocycles. The molecule has 0 unspecified atom stereocenters. The fourth-order valence-corrected chi connectivity index (χ4v) is 3.36. The van der Waals surface area contributed by atoms with E-state index >= 15 is 0 Å². The third kappa shape index (κ3) is 2.58. The smallest absolute Gasteiger partial charge is 0.0975 e. The van der Waals surface area contributed by atoms with Crippen molar-refractivity contribution < 1.29 is 5.11 Å². The Balaban J connectivity index is 1.84. The summed E-state index contributed by atoms with van der Waals surface area (Å²) < 4.78 is 0. The summed E-state index contributed by atoms with van der Waals surface area (Å²) in [6.07, 6.45) is 3.23. The first-order valence-electron chi connectivity index (χ1n) is 6.10. The topological polar surface area (TPSA) is 33.1 Å². The summed E-state index contributed by atoms with van der Waals surface area (Å²) in [5.74, 6) is 0.594. The molecular weight excluding hydrogens is 266 g/mol. The van der Waals surface area contributed by atoms with Crippen molar-refractivity contribution in [1.82, 2.24) is 4.98 Å². The normalized spacial score (nSPS) is 15.0. The molecular formula is C14H14ClNOS. The maximum Gasteiger partial charge on any atom is 0.0975 e. The highest BCUT2D eigenvalue weighted by molar-refractivity contribution is 7.11. The van der Waals surface area contributed by atoms with Crippen LogP contribution >= 0.6 is 22.9 Å². The molecule has 1 fully saturated rings. The van der Waals surface area contributed by atoms with Gasteiger partial charge >= 0.3 is 0 Å². The Kier molecular flexibility index (Phi) is 3.37. The van der Waals surface area contributed by atoms with Crippen LogP contribution in [0.5, 0.6) is 0 Å². The van der Waals surface area contributed by atoms with Gasteiger partial charge in [-0.2, -0.15) is 0 Å². The molecule has 3 rings (SSSR count). The lowest BCUT2D eigenvalue weighted by Gasteiger charge is -1.98. The standard InChI is InChI=1S/C14H14ClNOS/c15-11-3-1-2-9(6-11)7-13-16-14(10-4-5-10)12(8-17)18-13/h1-3,6,10,17H,4-5,7-8H2. The predicted molar refractivity (Wildman–Crippen MR) is 74.3 cm³/mol. The molecule has 2 aromatic rings. The molecule has 0 saturated heterocycles. The Bertz CT molecular complexity index is 563. The van der Waals surface area contributed by atoms with Crippen LogP contribution in [0.15, 0.2) is 24.3 Å². The van der Waals surface area contributed by atoms with E-state index in [4.69, 9.17) is 11.6 Å². The highest BCUT2D eigenvalue weighted by Gasteiger charge is 2.29. The fourth-order valence-electron chi connectivity index (χ4n) is 2.10. The van der Waals surface area contributed by atoms with Gasteiger partial charge in [0.2, 0.25) is 0 Å². The Labute approximate surface area is 115 Å². The van der Waals surface area contributed by atoms with E-state index in [0.717, 1.165) is 27.0 Å². The van der Waals surface area contributed by atoms with Gasteiger partial charge in [0.1, 0.15) is 0 Å². The highest BCUT2D eigenvalue weighted by Crippen LogP contribution is 2.42. The van der Waals surface area contributed by atoms with Gasteiger partial charge in [0, 0.05) is 17.4 Å². The average Bonchev–Trinajstić information content (AvgIpc) is 3.11. The van der Waals surface area contributed by atoms with Crippen molar-refractivity contribution in [3.8, 4) is 0 Å². The molecule has 1 heterocycles. The summed E-state index contributed by atoms with van der Waals surface area (Å²) in [6.45, 7) is 0.110. The van der Waals surface area contributed by atoms with Crippen molar-refractivity contribution in [2.75, 3.05) is 0 Å². The van der Waals surface area contributed by atoms with Gasteiger partial charge < -0.3 is 5.11 Å². The van der Waals surface area contributed by atoms with Crippen LogP contribution in [0.4, 0.5) is 0 Å². The lowest BCUT2D eigenvalue weighted by Crippen LogP contribution is -1.89. The number of aliphatic hydroxyl groups is 1. The van der Waals surface area contributed by atoms with Crippen molar-refractivity contribution in [2.24, 2.45) is 0 Å². The summed E-state index contributed by atoms with van der Waals surface area (Å²) in [7, 11) is 0. The minimum Gasteiger partial charge on any atom is -0.391 e. The maximum absolute atomic E-state index is 9.37. The molecule has 4 heteroatoms. The SMILES string of the molecule is OCc1sc(Cc2cccc(Cl)c2)nc1C1CC1. The largest absolute Gasteiger partial charge is 0.391 e. The molecule has 0 amide bonds. The second kappa shape index (κ2) is 5.00. The Morgan fingerprint density at radius 3 is 2.89 bits per heavy atom. The van der Waals surface area contributed by atoms with E-state index in [0.29, 0.717) is 5.92 Å². The zero-order chi connectivity index (χ0) is 12.5. The van der Waals surface area contributed by atoms with Gasteiger partial charge in [-0.05, 0) is 30.5 Å². The number of benzene rings is 1. The van der Waals surface area contributed by atoms with Crippen LogP contribution < -0.4 is 0 Å². The minimum absolute atomic E-state index is 0.110. The van der Waals surface area contributed by atoms with Crippen LogP contribution in [0.3, 0.4) is 0 Å². The van der Waals surface area contributed by atoms with E-state index in [-0.39, 0.29) is 6.61 Å². The quantitative estimate of drug-likeness (QED) is 0.924. The van der Waals surface area contributed by atoms with E-state index < -0.39 is 0 Å². The molecule has 2 nitrogen and oxygen atoms in total. The van der Waals surface area contributed by atoms with E-state index in [1.807, 2.05) is 18.2 Å². The average molecular weight is 280 g/mol. The van der Waals surface area contributed by atoms with Gasteiger partial charge in [-0.1, -0.05) is 23.7 Å². The van der Waals surface area contributed by atoms with Crippen LogP contribution in [0.1, 0.15) is 39.9 Å². The van der Waals surface area contributed by atoms with Crippen LogP contribution in [-0.2, 0) is 13.0 Å². The predicted octanol–water partition coefficient (Wildman–Crippen LogP) is 3.76. The summed E-state index contributed by atoms with van der Waals surface area (Å²) in [5, 5.41) is 11.2. The molecule has 1 aromatic carbocycles. The molecule has 1 aromatic heterocycles. The Morgan fingerprint density at radius 1 is 1.39 bits per heavy atom. The minimum atomic E-state index is 0.110. The summed E-state index contributed by atoms with van der Waals surface area (Å²) in [5.41, 5.74) is 2.29. The van der Waals surface area contributed by atoms with Crippen molar-refractivity contribution in [1.29, 1.82) is 0 Å². The van der Waals surface area contributed by atoms with Gasteiger partial charge in [-0.3, -0.25) is 0 Å². The van der Waals surface area contributed by atoms with Gasteiger partial charge in [0.25, 0.3) is 0 Å². The number of thiazole rings is 1. The second-order valence-electron chi connectivity index (χ2n) is 4.66. The van der Waals surface area contributed by atoms with Crippen LogP contribution in [-0.4, -0.2) is 10.1 Å². The molecule has 1 saturated carbocycles. The Morgan fingerprint density at radius 2 is 2.22 bits per heavy atom. The monoisotopic (exact) mass is 279 g/mol. The summed E-state index contributed by atoms with van der Waals surface area (Å²) in [6, 6.07) is 7.86. The molecule has 0 spiro atoms. The zero-order valence-corrected chi connectivity index (χ0v) is 11.5. The summed E-state index contributed by atoms with van der Waals surface area (Å²) >= 11 is 7.60. The molecule has 18 heavy (non-hydrogen) atoms. The number of nitrogens with zero attached hydrogens (tertiary/aromatic N) is 1. The molecule has 1 aliphatic carbocycles. The number of halogens is 1. The van der Waals surface area contributed by atoms with E-state index in [1.165, 1.54) is 18.4 Å². The molecule has 1 N–H and O–H groups in total. The number of hydrogen-bond donors (Lipinski definition) is 1. The van der Waals surface area contributed by atoms with Gasteiger partial charge in [0.05, 0.1) is 22.2 Å². The Hall–Kier alpha value is -0.900. The van der Waals surface area contributed by atoms with Crippen LogP contribution in [0, 0.1) is 0 Å². The third-order valence-corrected chi connectivity index (χ3v) is 4.41. The number of aliphatic hydroxyl groups excluding tert-OH is 1. The third-order valence-electron chi connectivity index (χ3n) is 3.12. The van der Waals surface area contributed by atoms with Crippen molar-refractivity contribution in [3.63, 3.8) is 0 Å². The number of hydrogen-bond acceptors (Lipinski definition) is 3. The van der Waals surface area contributed by atoms with Crippen molar-refractivity contribution >= 4 is 22.9 Å². The summed E-state index contributed by atoms with van der Waals surface area (Å²) in [4.78, 5) is 5.72. The maximum atomic E-state index is 9.37. The first-order valence-corrected chi connectivity index (χ1v) is 7.29. The van der Waals surface area contributed by atoms with Gasteiger partial charge in [-0.25, -0.2) is 4.98 Å². The van der Waals surface area contributed by atoms with Crippen molar-refractivity contribution in [3.05, 3.63) is 50.4 Å². The van der Waals surface area contributed by atoms with E-state index in [9.17, 15) is 5.11 Å². The first-order chi connectivity index (χ1) is 8.76. The molecule has 0 atom stereocenters. The molecule has 94 valence electrons. The first kappa shape index (κ1) is 12.2. The second-order valence-corrected chi connectivity index (χ2v) is 6.26. The zero-order valence-electron chi connectivity index (χ0n) is 9.90. The fraction of sp³-hybridized carbons (Fsp3) is 0.357. The molecule has 1 aliphatic rings. The van der Waals surface area contributed by atoms with E-state index in [2.05, 4.69) is 11.1 Å². The lowest BCUT2D eigenvalue weighted by atomic mass is 10.1. The lowest BCUT2D eigenvalue weighted by molar-refractivity contribution is 0.284. The number of rotatable bonds is 4. The van der Waals surface area contributed by atoms with Crippen LogP contribution in [0.25, 0.3) is 0 Å². The molecule has 0 bridgehead atoms. The highest BCUT2D eigenvalue weighted by atomic mass is 35.5. The number of aromatic nitrogens is 1. The van der Waals surface area contributed by atoms with Crippen molar-refractivity contribution in [2.45, 2.75) is 31.8 Å². The van der Waals surface area contributed by atoms with E-state index in [1.54, 1.807) is 11.3 Å². The molecule has 0 radical (unpaired) electrons. The van der Waals surface area contributed by atoms with Gasteiger partial charge in [0.15, 0.2) is 0 Å².